The predicted molar refractivity (Wildman–Crippen MR) is 57.1 cm³/mol. The zero-order valence-corrected chi connectivity index (χ0v) is 9.33. The zero-order chi connectivity index (χ0) is 12.1. The first-order valence-corrected chi connectivity index (χ1v) is 4.73. The minimum Gasteiger partial charge on any atom is -0.481 e. The van der Waals surface area contributed by atoms with Gasteiger partial charge in [-0.3, -0.25) is 9.59 Å². The third kappa shape index (κ3) is 7.56. The molecule has 15 heavy (non-hydrogen) atoms. The molecule has 84 valence electrons. The Morgan fingerprint density at radius 1 is 1.47 bits per heavy atom. The molecule has 0 aliphatic heterocycles. The molecule has 0 saturated carbocycles. The standard InChI is InChI=1S/C11H17NO3/c1-5-9(13)12-8(6-10(14)15)7-11(2,3)4/h1,8H,6-7H2,2-4H3,(H,12,13)(H,14,15). The van der Waals surface area contributed by atoms with E-state index < -0.39 is 17.9 Å². The van der Waals surface area contributed by atoms with Gasteiger partial charge >= 0.3 is 5.97 Å². The van der Waals surface area contributed by atoms with Crippen LogP contribution in [0.5, 0.6) is 0 Å². The summed E-state index contributed by atoms with van der Waals surface area (Å²) in [6.45, 7) is 5.93. The minimum atomic E-state index is -0.943. The van der Waals surface area contributed by atoms with Crippen molar-refractivity contribution in [3.05, 3.63) is 0 Å². The van der Waals surface area contributed by atoms with Crippen LogP contribution in [0.1, 0.15) is 33.6 Å². The summed E-state index contributed by atoms with van der Waals surface area (Å²) in [5.41, 5.74) is -0.0536. The Balaban J connectivity index is 4.39. The lowest BCUT2D eigenvalue weighted by molar-refractivity contribution is -0.137. The summed E-state index contributed by atoms with van der Waals surface area (Å²) in [6.07, 6.45) is 5.38. The van der Waals surface area contributed by atoms with Crippen molar-refractivity contribution in [3.63, 3.8) is 0 Å². The summed E-state index contributed by atoms with van der Waals surface area (Å²) in [5.74, 6) is 0.404. The summed E-state index contributed by atoms with van der Waals surface area (Å²) in [4.78, 5) is 21.5. The number of carboxylic acid groups (broad SMARTS) is 1. The van der Waals surface area contributed by atoms with E-state index in [1.807, 2.05) is 26.7 Å². The maximum atomic E-state index is 10.9. The number of nitrogens with one attached hydrogen (secondary N) is 1. The van der Waals surface area contributed by atoms with E-state index in [9.17, 15) is 9.59 Å². The molecule has 0 aromatic rings. The molecule has 1 unspecified atom stereocenters. The number of rotatable bonds is 4. The van der Waals surface area contributed by atoms with Gasteiger partial charge in [0.05, 0.1) is 6.42 Å². The van der Waals surface area contributed by atoms with Crippen LogP contribution in [0, 0.1) is 17.8 Å². The lowest BCUT2D eigenvalue weighted by Crippen LogP contribution is -2.38. The molecule has 0 heterocycles. The third-order valence-corrected chi connectivity index (χ3v) is 1.75. The number of hydrogen-bond donors (Lipinski definition) is 2. The van der Waals surface area contributed by atoms with Gasteiger partial charge in [0.15, 0.2) is 0 Å². The third-order valence-electron chi connectivity index (χ3n) is 1.75. The fourth-order valence-corrected chi connectivity index (χ4v) is 1.35. The highest BCUT2D eigenvalue weighted by molar-refractivity contribution is 5.93. The average molecular weight is 211 g/mol. The van der Waals surface area contributed by atoms with Crippen LogP contribution in [-0.4, -0.2) is 23.0 Å². The molecule has 0 bridgehead atoms. The van der Waals surface area contributed by atoms with Crippen molar-refractivity contribution in [1.29, 1.82) is 0 Å². The summed E-state index contributed by atoms with van der Waals surface area (Å²) in [7, 11) is 0. The monoisotopic (exact) mass is 211 g/mol. The molecule has 0 radical (unpaired) electrons. The fraction of sp³-hybridized carbons (Fsp3) is 0.636. The maximum Gasteiger partial charge on any atom is 0.305 e. The molecule has 0 rings (SSSR count). The number of hydrogen-bond acceptors (Lipinski definition) is 2. The normalized spacial score (nSPS) is 12.7. The SMILES string of the molecule is C#CC(=O)NC(CC(=O)O)CC(C)(C)C. The van der Waals surface area contributed by atoms with Crippen LogP contribution in [0.4, 0.5) is 0 Å². The van der Waals surface area contributed by atoms with Gasteiger partial charge in [0.1, 0.15) is 0 Å². The Kier molecular flexibility index (Phi) is 4.86. The molecule has 0 aromatic carbocycles. The van der Waals surface area contributed by atoms with Crippen molar-refractivity contribution >= 4 is 11.9 Å². The van der Waals surface area contributed by atoms with Crippen molar-refractivity contribution < 1.29 is 14.7 Å². The second-order valence-electron chi connectivity index (χ2n) is 4.68. The first-order chi connectivity index (χ1) is 6.74. The van der Waals surface area contributed by atoms with Gasteiger partial charge in [0, 0.05) is 6.04 Å². The molecular formula is C11H17NO3. The van der Waals surface area contributed by atoms with E-state index in [4.69, 9.17) is 11.5 Å². The lowest BCUT2D eigenvalue weighted by Gasteiger charge is -2.25. The first-order valence-electron chi connectivity index (χ1n) is 4.73. The van der Waals surface area contributed by atoms with E-state index in [1.54, 1.807) is 0 Å². The molecule has 1 atom stereocenters. The predicted octanol–water partition coefficient (Wildman–Crippen LogP) is 1.02. The molecule has 2 N–H and O–H groups in total. The number of amides is 1. The Morgan fingerprint density at radius 2 is 2.00 bits per heavy atom. The molecule has 1 amide bonds. The number of carbonyl (C=O) groups is 2. The van der Waals surface area contributed by atoms with Crippen molar-refractivity contribution in [2.24, 2.45) is 5.41 Å². The van der Waals surface area contributed by atoms with Gasteiger partial charge in [0.2, 0.25) is 0 Å². The fourth-order valence-electron chi connectivity index (χ4n) is 1.35. The molecule has 0 aliphatic carbocycles. The molecule has 0 aromatic heterocycles. The van der Waals surface area contributed by atoms with E-state index in [0.717, 1.165) is 0 Å². The van der Waals surface area contributed by atoms with Gasteiger partial charge in [0.25, 0.3) is 5.91 Å². The summed E-state index contributed by atoms with van der Waals surface area (Å²) >= 11 is 0. The molecule has 0 saturated heterocycles. The first kappa shape index (κ1) is 13.5. The highest BCUT2D eigenvalue weighted by Crippen LogP contribution is 2.22. The molecule has 0 aliphatic rings. The second kappa shape index (κ2) is 5.40. The topological polar surface area (TPSA) is 66.4 Å². The van der Waals surface area contributed by atoms with Crippen LogP contribution in [0.3, 0.4) is 0 Å². The summed E-state index contributed by atoms with van der Waals surface area (Å²) in [6, 6.07) is -0.411. The zero-order valence-electron chi connectivity index (χ0n) is 9.33. The van der Waals surface area contributed by atoms with Crippen LogP contribution in [-0.2, 0) is 9.59 Å². The van der Waals surface area contributed by atoms with E-state index in [-0.39, 0.29) is 11.8 Å². The Bertz CT molecular complexity index is 283. The number of aliphatic carboxylic acids is 1. The molecule has 0 spiro atoms. The summed E-state index contributed by atoms with van der Waals surface area (Å²) < 4.78 is 0. The van der Waals surface area contributed by atoms with E-state index in [2.05, 4.69) is 5.32 Å². The van der Waals surface area contributed by atoms with Crippen molar-refractivity contribution in [2.45, 2.75) is 39.7 Å². The van der Waals surface area contributed by atoms with Crippen LogP contribution in [0.2, 0.25) is 0 Å². The van der Waals surface area contributed by atoms with Crippen molar-refractivity contribution in [1.82, 2.24) is 5.32 Å². The highest BCUT2D eigenvalue weighted by Gasteiger charge is 2.22. The second-order valence-corrected chi connectivity index (χ2v) is 4.68. The molecular weight excluding hydrogens is 194 g/mol. The average Bonchev–Trinajstić information content (AvgIpc) is 1.99. The van der Waals surface area contributed by atoms with E-state index in [0.29, 0.717) is 6.42 Å². The van der Waals surface area contributed by atoms with Crippen molar-refractivity contribution in [3.8, 4) is 12.3 Å². The molecule has 4 nitrogen and oxygen atoms in total. The smallest absolute Gasteiger partial charge is 0.305 e. The van der Waals surface area contributed by atoms with E-state index in [1.165, 1.54) is 0 Å². The van der Waals surface area contributed by atoms with Crippen molar-refractivity contribution in [2.75, 3.05) is 0 Å². The minimum absolute atomic E-state index is 0.0536. The van der Waals surface area contributed by atoms with Gasteiger partial charge in [-0.1, -0.05) is 20.8 Å². The quantitative estimate of drug-likeness (QED) is 0.682. The van der Waals surface area contributed by atoms with Crippen LogP contribution >= 0.6 is 0 Å². The highest BCUT2D eigenvalue weighted by atomic mass is 16.4. The van der Waals surface area contributed by atoms with Crippen LogP contribution in [0.25, 0.3) is 0 Å². The number of carboxylic acids is 1. The Morgan fingerprint density at radius 3 is 2.33 bits per heavy atom. The largest absolute Gasteiger partial charge is 0.481 e. The Hall–Kier alpha value is -1.50. The number of terminal acetylenes is 1. The maximum absolute atomic E-state index is 10.9. The summed E-state index contributed by atoms with van der Waals surface area (Å²) in [5, 5.41) is 11.2. The van der Waals surface area contributed by atoms with Gasteiger partial charge < -0.3 is 10.4 Å². The lowest BCUT2D eigenvalue weighted by atomic mass is 9.87. The molecule has 0 fully saturated rings. The van der Waals surface area contributed by atoms with E-state index >= 15 is 0 Å². The van der Waals surface area contributed by atoms with Gasteiger partial charge in [-0.05, 0) is 17.8 Å². The molecule has 4 heteroatoms. The number of carbonyl (C=O) groups excluding carboxylic acids is 1. The van der Waals surface area contributed by atoms with Crippen LogP contribution < -0.4 is 5.32 Å². The van der Waals surface area contributed by atoms with Gasteiger partial charge in [-0.25, -0.2) is 0 Å². The van der Waals surface area contributed by atoms with Gasteiger partial charge in [-0.15, -0.1) is 6.42 Å². The van der Waals surface area contributed by atoms with Gasteiger partial charge in [-0.2, -0.15) is 0 Å². The van der Waals surface area contributed by atoms with Crippen LogP contribution in [0.15, 0.2) is 0 Å². The Labute approximate surface area is 90.1 Å².